The molecule has 140 valence electrons. The first-order valence-electron chi connectivity index (χ1n) is 9.10. The summed E-state index contributed by atoms with van der Waals surface area (Å²) >= 11 is 1.41. The van der Waals surface area contributed by atoms with Gasteiger partial charge in [0.1, 0.15) is 4.88 Å². The number of anilines is 1. The van der Waals surface area contributed by atoms with Gasteiger partial charge < -0.3 is 11.1 Å². The molecule has 0 saturated heterocycles. The van der Waals surface area contributed by atoms with E-state index in [0.717, 1.165) is 21.3 Å². The van der Waals surface area contributed by atoms with Gasteiger partial charge in [-0.2, -0.15) is 0 Å². The number of nitrogen functional groups attached to an aromatic ring is 1. The number of hydrogen-bond acceptors (Lipinski definition) is 6. The van der Waals surface area contributed by atoms with Crippen molar-refractivity contribution in [1.29, 1.82) is 0 Å². The molecule has 28 heavy (non-hydrogen) atoms. The topological polar surface area (TPSA) is 98.7 Å². The molecule has 3 aromatic heterocycles. The molecule has 1 amide bonds. The van der Waals surface area contributed by atoms with Gasteiger partial charge in [-0.3, -0.25) is 9.78 Å². The largest absolute Gasteiger partial charge is 0.397 e. The molecule has 0 radical (unpaired) electrons. The first-order chi connectivity index (χ1) is 13.7. The van der Waals surface area contributed by atoms with E-state index in [1.807, 2.05) is 30.5 Å². The molecule has 1 aliphatic rings. The number of hydrogen-bond donors (Lipinski definition) is 2. The SMILES string of the molecule is Nc1c(C(=O)NCc2ccc(-n3ccnn3)cc2)sc2cncc(C3CC3)c12. The molecule has 0 atom stereocenters. The normalized spacial score (nSPS) is 13.7. The summed E-state index contributed by atoms with van der Waals surface area (Å²) in [5, 5.41) is 11.7. The molecular weight excluding hydrogens is 372 g/mol. The highest BCUT2D eigenvalue weighted by Gasteiger charge is 2.28. The minimum Gasteiger partial charge on any atom is -0.397 e. The van der Waals surface area contributed by atoms with Crippen molar-refractivity contribution < 1.29 is 4.79 Å². The van der Waals surface area contributed by atoms with Crippen LogP contribution in [-0.4, -0.2) is 25.9 Å². The molecule has 1 aromatic carbocycles. The predicted molar refractivity (Wildman–Crippen MR) is 109 cm³/mol. The number of nitrogens with zero attached hydrogens (tertiary/aromatic N) is 4. The van der Waals surface area contributed by atoms with Crippen LogP contribution in [0.1, 0.15) is 39.6 Å². The van der Waals surface area contributed by atoms with Crippen LogP contribution in [0.2, 0.25) is 0 Å². The molecule has 1 aliphatic carbocycles. The summed E-state index contributed by atoms with van der Waals surface area (Å²) in [7, 11) is 0. The van der Waals surface area contributed by atoms with Crippen LogP contribution in [0, 0.1) is 0 Å². The molecule has 0 unspecified atom stereocenters. The summed E-state index contributed by atoms with van der Waals surface area (Å²) in [6.45, 7) is 0.428. The number of carbonyl (C=O) groups excluding carboxylic acids is 1. The van der Waals surface area contributed by atoms with Gasteiger partial charge in [0.15, 0.2) is 0 Å². The number of aromatic nitrogens is 4. The smallest absolute Gasteiger partial charge is 0.263 e. The number of pyridine rings is 1. The van der Waals surface area contributed by atoms with Crippen molar-refractivity contribution in [3.8, 4) is 5.69 Å². The lowest BCUT2D eigenvalue weighted by Gasteiger charge is -2.06. The van der Waals surface area contributed by atoms with Crippen LogP contribution in [0.5, 0.6) is 0 Å². The minimum atomic E-state index is -0.152. The number of amides is 1. The van der Waals surface area contributed by atoms with Crippen molar-refractivity contribution in [1.82, 2.24) is 25.3 Å². The molecule has 5 rings (SSSR count). The van der Waals surface area contributed by atoms with Crippen LogP contribution in [0.4, 0.5) is 5.69 Å². The maximum absolute atomic E-state index is 12.7. The number of benzene rings is 1. The van der Waals surface area contributed by atoms with Crippen molar-refractivity contribution in [2.75, 3.05) is 5.73 Å². The van der Waals surface area contributed by atoms with Gasteiger partial charge in [-0.25, -0.2) is 4.68 Å². The van der Waals surface area contributed by atoms with Crippen LogP contribution in [0.25, 0.3) is 15.8 Å². The van der Waals surface area contributed by atoms with E-state index in [1.165, 1.54) is 29.7 Å². The Morgan fingerprint density at radius 2 is 2.07 bits per heavy atom. The molecule has 8 heteroatoms. The Morgan fingerprint density at radius 1 is 1.25 bits per heavy atom. The third kappa shape index (κ3) is 3.01. The second-order valence-electron chi connectivity index (χ2n) is 6.92. The lowest BCUT2D eigenvalue weighted by molar-refractivity contribution is 0.0956. The fourth-order valence-corrected chi connectivity index (χ4v) is 4.39. The van der Waals surface area contributed by atoms with Crippen molar-refractivity contribution in [2.24, 2.45) is 0 Å². The molecule has 7 nitrogen and oxygen atoms in total. The predicted octanol–water partition coefficient (Wildman–Crippen LogP) is 3.27. The molecular formula is C20H18N6OS. The lowest BCUT2D eigenvalue weighted by Crippen LogP contribution is -2.22. The van der Waals surface area contributed by atoms with E-state index < -0.39 is 0 Å². The third-order valence-electron chi connectivity index (χ3n) is 4.97. The highest BCUT2D eigenvalue weighted by atomic mass is 32.1. The number of carbonyl (C=O) groups is 1. The summed E-state index contributed by atoms with van der Waals surface area (Å²) in [4.78, 5) is 17.6. The Labute approximate surface area is 165 Å². The highest BCUT2D eigenvalue weighted by Crippen LogP contribution is 2.46. The molecule has 0 spiro atoms. The Morgan fingerprint density at radius 3 is 2.79 bits per heavy atom. The Kier molecular flexibility index (Phi) is 4.05. The van der Waals surface area contributed by atoms with Gasteiger partial charge in [0.05, 0.1) is 28.5 Å². The zero-order chi connectivity index (χ0) is 19.1. The number of nitrogens with one attached hydrogen (secondary N) is 1. The fraction of sp³-hybridized carbons (Fsp3) is 0.200. The van der Waals surface area contributed by atoms with Gasteiger partial charge in [-0.1, -0.05) is 17.3 Å². The van der Waals surface area contributed by atoms with Crippen molar-refractivity contribution >= 4 is 33.0 Å². The standard InChI is InChI=1S/C20H18N6OS/c21-18-17-15(13-3-4-13)10-22-11-16(17)28-19(18)20(27)23-9-12-1-5-14(6-2-12)26-8-7-24-25-26/h1-2,5-8,10-11,13H,3-4,9,21H2,(H,23,27). The summed E-state index contributed by atoms with van der Waals surface area (Å²) in [6.07, 6.45) is 9.44. The zero-order valence-electron chi connectivity index (χ0n) is 15.0. The van der Waals surface area contributed by atoms with Crippen LogP contribution in [-0.2, 0) is 6.54 Å². The minimum absolute atomic E-state index is 0.152. The Balaban J connectivity index is 1.33. The quantitative estimate of drug-likeness (QED) is 0.545. The fourth-order valence-electron chi connectivity index (χ4n) is 3.35. The molecule has 1 saturated carbocycles. The molecule has 0 aliphatic heterocycles. The van der Waals surface area contributed by atoms with E-state index in [1.54, 1.807) is 23.3 Å². The summed E-state index contributed by atoms with van der Waals surface area (Å²) < 4.78 is 2.66. The number of fused-ring (bicyclic) bond motifs is 1. The van der Waals surface area contributed by atoms with E-state index in [4.69, 9.17) is 5.73 Å². The molecule has 4 aromatic rings. The Hall–Kier alpha value is -3.26. The molecule has 3 heterocycles. The molecule has 3 N–H and O–H groups in total. The summed E-state index contributed by atoms with van der Waals surface area (Å²) in [5.74, 6) is 0.383. The van der Waals surface area contributed by atoms with E-state index in [-0.39, 0.29) is 5.91 Å². The average molecular weight is 390 g/mol. The zero-order valence-corrected chi connectivity index (χ0v) is 15.8. The lowest BCUT2D eigenvalue weighted by atomic mass is 10.1. The monoisotopic (exact) mass is 390 g/mol. The van der Waals surface area contributed by atoms with Crippen molar-refractivity contribution in [3.63, 3.8) is 0 Å². The van der Waals surface area contributed by atoms with Crippen molar-refractivity contribution in [3.05, 3.63) is 65.1 Å². The maximum Gasteiger partial charge on any atom is 0.263 e. The van der Waals surface area contributed by atoms with Gasteiger partial charge in [0.2, 0.25) is 0 Å². The van der Waals surface area contributed by atoms with Gasteiger partial charge in [-0.15, -0.1) is 16.4 Å². The van der Waals surface area contributed by atoms with E-state index in [9.17, 15) is 4.79 Å². The maximum atomic E-state index is 12.7. The third-order valence-corrected chi connectivity index (χ3v) is 6.11. The van der Waals surface area contributed by atoms with Gasteiger partial charge >= 0.3 is 0 Å². The first kappa shape index (κ1) is 16.9. The second-order valence-corrected chi connectivity index (χ2v) is 7.97. The molecule has 1 fully saturated rings. The second kappa shape index (κ2) is 6.72. The van der Waals surface area contributed by atoms with Gasteiger partial charge in [0.25, 0.3) is 5.91 Å². The first-order valence-corrected chi connectivity index (χ1v) is 9.92. The molecule has 0 bridgehead atoms. The van der Waals surface area contributed by atoms with Crippen LogP contribution < -0.4 is 11.1 Å². The van der Waals surface area contributed by atoms with Gasteiger partial charge in [-0.05, 0) is 42.0 Å². The number of nitrogens with two attached hydrogens (primary N) is 1. The van der Waals surface area contributed by atoms with Crippen molar-refractivity contribution in [2.45, 2.75) is 25.3 Å². The van der Waals surface area contributed by atoms with Crippen LogP contribution in [0.3, 0.4) is 0 Å². The summed E-state index contributed by atoms with van der Waals surface area (Å²) in [5.41, 5.74) is 10.0. The summed E-state index contributed by atoms with van der Waals surface area (Å²) in [6, 6.07) is 7.80. The number of thiophene rings is 1. The van der Waals surface area contributed by atoms with Gasteiger partial charge in [0, 0.05) is 24.3 Å². The Bertz CT molecular complexity index is 1150. The number of rotatable bonds is 5. The highest BCUT2D eigenvalue weighted by molar-refractivity contribution is 7.21. The van der Waals surface area contributed by atoms with Crippen LogP contribution >= 0.6 is 11.3 Å². The van der Waals surface area contributed by atoms with E-state index in [2.05, 4.69) is 20.6 Å². The van der Waals surface area contributed by atoms with Crippen LogP contribution in [0.15, 0.2) is 49.1 Å². The van der Waals surface area contributed by atoms with E-state index in [0.29, 0.717) is 23.0 Å². The van der Waals surface area contributed by atoms with E-state index >= 15 is 0 Å². The average Bonchev–Trinajstić information content (AvgIpc) is 3.31.